The second-order valence-electron chi connectivity index (χ2n) is 4.59. The summed E-state index contributed by atoms with van der Waals surface area (Å²) in [6.07, 6.45) is 2.59. The molecule has 0 aliphatic carbocycles. The van der Waals surface area contributed by atoms with Crippen LogP contribution >= 0.6 is 0 Å². The van der Waals surface area contributed by atoms with Gasteiger partial charge in [-0.25, -0.2) is 0 Å². The lowest BCUT2D eigenvalue weighted by atomic mass is 10.00. The Labute approximate surface area is 82.7 Å². The van der Waals surface area contributed by atoms with E-state index in [1.54, 1.807) is 0 Å². The van der Waals surface area contributed by atoms with Crippen LogP contribution in [0.5, 0.6) is 0 Å². The first-order chi connectivity index (χ1) is 6.13. The summed E-state index contributed by atoms with van der Waals surface area (Å²) in [5.41, 5.74) is 0. The van der Waals surface area contributed by atoms with Gasteiger partial charge >= 0.3 is 0 Å². The lowest BCUT2D eigenvalue weighted by Crippen LogP contribution is -2.41. The molecular weight excluding hydrogens is 160 g/mol. The molecule has 0 aromatic heterocycles. The third-order valence-corrected chi connectivity index (χ3v) is 3.39. The van der Waals surface area contributed by atoms with E-state index in [0.717, 1.165) is 12.0 Å². The van der Waals surface area contributed by atoms with Crippen LogP contribution in [0, 0.1) is 5.92 Å². The van der Waals surface area contributed by atoms with Gasteiger partial charge in [-0.3, -0.25) is 0 Å². The van der Waals surface area contributed by atoms with Gasteiger partial charge in [-0.2, -0.15) is 0 Å². The fourth-order valence-corrected chi connectivity index (χ4v) is 1.96. The van der Waals surface area contributed by atoms with Crippen LogP contribution in [0.2, 0.25) is 0 Å². The Morgan fingerprint density at radius 3 is 2.62 bits per heavy atom. The second-order valence-corrected chi connectivity index (χ2v) is 4.59. The summed E-state index contributed by atoms with van der Waals surface area (Å²) in [4.78, 5) is 2.40. The van der Waals surface area contributed by atoms with Crippen molar-refractivity contribution in [1.82, 2.24) is 10.2 Å². The molecule has 1 aliphatic rings. The molecule has 1 aliphatic heterocycles. The number of nitrogens with zero attached hydrogens (tertiary/aromatic N) is 1. The molecule has 2 nitrogen and oxygen atoms in total. The SMILES string of the molecule is CC[C@H](C)[C@H](C)N[C@@H]1CCN(C)C1. The molecule has 3 atom stereocenters. The van der Waals surface area contributed by atoms with Crippen LogP contribution in [0.25, 0.3) is 0 Å². The average molecular weight is 184 g/mol. The van der Waals surface area contributed by atoms with E-state index in [-0.39, 0.29) is 0 Å². The van der Waals surface area contributed by atoms with Gasteiger partial charge in [0.05, 0.1) is 0 Å². The monoisotopic (exact) mass is 184 g/mol. The Morgan fingerprint density at radius 1 is 1.46 bits per heavy atom. The quantitative estimate of drug-likeness (QED) is 0.715. The minimum absolute atomic E-state index is 0.668. The summed E-state index contributed by atoms with van der Waals surface area (Å²) in [6, 6.07) is 1.40. The van der Waals surface area contributed by atoms with E-state index in [4.69, 9.17) is 0 Å². The van der Waals surface area contributed by atoms with Gasteiger partial charge in [0, 0.05) is 18.6 Å². The van der Waals surface area contributed by atoms with Crippen LogP contribution < -0.4 is 5.32 Å². The zero-order valence-electron chi connectivity index (χ0n) is 9.51. The molecule has 0 aromatic carbocycles. The van der Waals surface area contributed by atoms with Gasteiger partial charge in [0.2, 0.25) is 0 Å². The largest absolute Gasteiger partial charge is 0.310 e. The number of nitrogens with one attached hydrogen (secondary N) is 1. The first kappa shape index (κ1) is 11.0. The maximum Gasteiger partial charge on any atom is 0.0209 e. The molecule has 0 bridgehead atoms. The highest BCUT2D eigenvalue weighted by atomic mass is 15.2. The minimum atomic E-state index is 0.668. The summed E-state index contributed by atoms with van der Waals surface area (Å²) in [7, 11) is 2.20. The van der Waals surface area contributed by atoms with Gasteiger partial charge in [0.1, 0.15) is 0 Å². The van der Waals surface area contributed by atoms with Crippen LogP contribution in [0.15, 0.2) is 0 Å². The van der Waals surface area contributed by atoms with Gasteiger partial charge in [0.15, 0.2) is 0 Å². The lowest BCUT2D eigenvalue weighted by Gasteiger charge is -2.24. The zero-order valence-corrected chi connectivity index (χ0v) is 9.51. The summed E-state index contributed by atoms with van der Waals surface area (Å²) in [6.45, 7) is 9.39. The topological polar surface area (TPSA) is 15.3 Å². The second kappa shape index (κ2) is 4.97. The van der Waals surface area contributed by atoms with Crippen LogP contribution in [-0.2, 0) is 0 Å². The van der Waals surface area contributed by atoms with Gasteiger partial charge in [-0.05, 0) is 32.9 Å². The van der Waals surface area contributed by atoms with Crippen molar-refractivity contribution < 1.29 is 0 Å². The summed E-state index contributed by atoms with van der Waals surface area (Å²) in [5, 5.41) is 3.72. The molecule has 1 rings (SSSR count). The molecule has 0 saturated carbocycles. The summed E-state index contributed by atoms with van der Waals surface area (Å²) >= 11 is 0. The van der Waals surface area contributed by atoms with Crippen LogP contribution in [0.1, 0.15) is 33.6 Å². The van der Waals surface area contributed by atoms with Crippen molar-refractivity contribution in [1.29, 1.82) is 0 Å². The predicted molar refractivity (Wildman–Crippen MR) is 58.0 cm³/mol. The van der Waals surface area contributed by atoms with E-state index in [0.29, 0.717) is 6.04 Å². The minimum Gasteiger partial charge on any atom is -0.310 e. The maximum absolute atomic E-state index is 3.72. The molecule has 1 fully saturated rings. The molecule has 0 radical (unpaired) electrons. The smallest absolute Gasteiger partial charge is 0.0209 e. The Balaban J connectivity index is 2.24. The Morgan fingerprint density at radius 2 is 2.15 bits per heavy atom. The molecule has 0 aromatic rings. The van der Waals surface area contributed by atoms with Crippen molar-refractivity contribution in [3.8, 4) is 0 Å². The first-order valence-corrected chi connectivity index (χ1v) is 5.58. The van der Waals surface area contributed by atoms with Gasteiger partial charge < -0.3 is 10.2 Å². The molecule has 1 saturated heterocycles. The predicted octanol–water partition coefficient (Wildman–Crippen LogP) is 1.71. The fraction of sp³-hybridized carbons (Fsp3) is 1.00. The first-order valence-electron chi connectivity index (χ1n) is 5.58. The highest BCUT2D eigenvalue weighted by Gasteiger charge is 2.21. The van der Waals surface area contributed by atoms with E-state index in [2.05, 4.69) is 38.0 Å². The standard InChI is InChI=1S/C11H24N2/c1-5-9(2)10(3)12-11-6-7-13(4)8-11/h9-12H,5-8H2,1-4H3/t9-,10-,11+/m0/s1. The van der Waals surface area contributed by atoms with Crippen LogP contribution in [0.4, 0.5) is 0 Å². The van der Waals surface area contributed by atoms with Crippen molar-refractivity contribution >= 4 is 0 Å². The molecule has 1 heterocycles. The lowest BCUT2D eigenvalue weighted by molar-refractivity contribution is 0.337. The van der Waals surface area contributed by atoms with Crippen molar-refractivity contribution in [2.24, 2.45) is 5.92 Å². The average Bonchev–Trinajstić information content (AvgIpc) is 2.49. The summed E-state index contributed by atoms with van der Waals surface area (Å²) < 4.78 is 0. The summed E-state index contributed by atoms with van der Waals surface area (Å²) in [5.74, 6) is 0.797. The van der Waals surface area contributed by atoms with E-state index < -0.39 is 0 Å². The molecule has 0 unspecified atom stereocenters. The molecule has 2 heteroatoms. The van der Waals surface area contributed by atoms with Crippen LogP contribution in [0.3, 0.4) is 0 Å². The van der Waals surface area contributed by atoms with Gasteiger partial charge in [0.25, 0.3) is 0 Å². The Kier molecular flexibility index (Phi) is 4.20. The highest BCUT2D eigenvalue weighted by molar-refractivity contribution is 4.82. The fourth-order valence-electron chi connectivity index (χ4n) is 1.96. The molecule has 0 spiro atoms. The molecule has 13 heavy (non-hydrogen) atoms. The molecule has 78 valence electrons. The number of hydrogen-bond donors (Lipinski definition) is 1. The van der Waals surface area contributed by atoms with E-state index in [1.165, 1.54) is 25.9 Å². The van der Waals surface area contributed by atoms with Gasteiger partial charge in [-0.1, -0.05) is 20.3 Å². The van der Waals surface area contributed by atoms with Crippen molar-refractivity contribution in [2.75, 3.05) is 20.1 Å². The van der Waals surface area contributed by atoms with Crippen LogP contribution in [-0.4, -0.2) is 37.1 Å². The highest BCUT2D eigenvalue weighted by Crippen LogP contribution is 2.12. The number of likely N-dealkylation sites (tertiary alicyclic amines) is 1. The number of likely N-dealkylation sites (N-methyl/N-ethyl adjacent to an activating group) is 1. The number of hydrogen-bond acceptors (Lipinski definition) is 2. The zero-order chi connectivity index (χ0) is 9.84. The molecule has 1 N–H and O–H groups in total. The third-order valence-electron chi connectivity index (χ3n) is 3.39. The third kappa shape index (κ3) is 3.28. The molecule has 0 amide bonds. The number of rotatable bonds is 4. The van der Waals surface area contributed by atoms with E-state index in [1.807, 2.05) is 0 Å². The van der Waals surface area contributed by atoms with Crippen molar-refractivity contribution in [3.63, 3.8) is 0 Å². The van der Waals surface area contributed by atoms with Crippen molar-refractivity contribution in [3.05, 3.63) is 0 Å². The normalized spacial score (nSPS) is 29.1. The van der Waals surface area contributed by atoms with E-state index >= 15 is 0 Å². The van der Waals surface area contributed by atoms with E-state index in [9.17, 15) is 0 Å². The Bertz CT molecular complexity index is 147. The van der Waals surface area contributed by atoms with Crippen molar-refractivity contribution in [2.45, 2.75) is 45.7 Å². The Hall–Kier alpha value is -0.0800. The van der Waals surface area contributed by atoms with Gasteiger partial charge in [-0.15, -0.1) is 0 Å². The maximum atomic E-state index is 3.72. The molecular formula is C11H24N2.